The summed E-state index contributed by atoms with van der Waals surface area (Å²) in [6.45, 7) is 0. The monoisotopic (exact) mass is 265 g/mol. The largest absolute Gasteiger partial charge is 0.384 e. The Kier molecular flexibility index (Phi) is 2.76. The average molecular weight is 266 g/mol. The van der Waals surface area contributed by atoms with Gasteiger partial charge < -0.3 is 5.73 Å². The summed E-state index contributed by atoms with van der Waals surface area (Å²) < 4.78 is 0. The van der Waals surface area contributed by atoms with Crippen molar-refractivity contribution in [3.8, 4) is 11.1 Å². The Labute approximate surface area is 109 Å². The zero-order valence-electron chi connectivity index (χ0n) is 9.11. The van der Waals surface area contributed by atoms with Gasteiger partial charge in [-0.25, -0.2) is 0 Å². The van der Waals surface area contributed by atoms with Crippen LogP contribution in [0.4, 0.5) is 5.82 Å². The van der Waals surface area contributed by atoms with Gasteiger partial charge in [0.2, 0.25) is 0 Å². The van der Waals surface area contributed by atoms with Crippen molar-refractivity contribution in [2.24, 2.45) is 0 Å². The van der Waals surface area contributed by atoms with E-state index in [-0.39, 0.29) is 0 Å². The maximum absolute atomic E-state index is 6.28. The lowest BCUT2D eigenvalue weighted by atomic mass is 10.1. The summed E-state index contributed by atoms with van der Waals surface area (Å²) in [7, 11) is 0. The predicted octanol–water partition coefficient (Wildman–Crippen LogP) is 3.57. The van der Waals surface area contributed by atoms with Crippen molar-refractivity contribution in [3.05, 3.63) is 29.4 Å². The molecule has 0 amide bonds. The van der Waals surface area contributed by atoms with Gasteiger partial charge in [-0.05, 0) is 30.5 Å². The smallest absolute Gasteiger partial charge is 0.126 e. The lowest BCUT2D eigenvalue weighted by molar-refractivity contribution is 1.10. The second-order valence-corrected chi connectivity index (χ2v) is 5.91. The zero-order chi connectivity index (χ0) is 11.8. The van der Waals surface area contributed by atoms with Crippen LogP contribution in [-0.4, -0.2) is 15.4 Å². The van der Waals surface area contributed by atoms with Gasteiger partial charge >= 0.3 is 0 Å². The first-order valence-electron chi connectivity index (χ1n) is 5.49. The lowest BCUT2D eigenvalue weighted by Gasteiger charge is -2.05. The Bertz CT molecular complexity index is 548. The number of nitrogens with two attached hydrogens (primary N) is 1. The molecule has 2 aromatic rings. The number of anilines is 1. The molecular formula is C12H12ClN3S. The molecule has 1 aromatic carbocycles. The third-order valence-electron chi connectivity index (χ3n) is 2.73. The number of halogens is 1. The molecule has 0 spiro atoms. The van der Waals surface area contributed by atoms with Gasteiger partial charge in [-0.1, -0.05) is 17.7 Å². The van der Waals surface area contributed by atoms with E-state index in [0.717, 1.165) is 26.3 Å². The van der Waals surface area contributed by atoms with Gasteiger partial charge in [-0.3, -0.25) is 5.10 Å². The molecule has 1 fully saturated rings. The van der Waals surface area contributed by atoms with Crippen LogP contribution in [-0.2, 0) is 0 Å². The Morgan fingerprint density at radius 1 is 1.41 bits per heavy atom. The highest BCUT2D eigenvalue weighted by Gasteiger charge is 2.23. The van der Waals surface area contributed by atoms with Crippen LogP contribution in [0, 0.1) is 0 Å². The third-order valence-corrected chi connectivity index (χ3v) is 4.57. The van der Waals surface area contributed by atoms with E-state index < -0.39 is 0 Å². The molecule has 1 aromatic heterocycles. The third kappa shape index (κ3) is 2.28. The zero-order valence-corrected chi connectivity index (χ0v) is 10.7. The quantitative estimate of drug-likeness (QED) is 0.892. The molecule has 0 radical (unpaired) electrons. The van der Waals surface area contributed by atoms with Crippen LogP contribution in [0.5, 0.6) is 0 Å². The molecule has 5 heteroatoms. The first-order chi connectivity index (χ1) is 8.24. The first kappa shape index (κ1) is 11.0. The molecule has 3 N–H and O–H groups in total. The summed E-state index contributed by atoms with van der Waals surface area (Å²) in [4.78, 5) is 1.15. The number of hydrogen-bond acceptors (Lipinski definition) is 3. The molecule has 1 aliphatic rings. The second-order valence-electron chi connectivity index (χ2n) is 4.16. The summed E-state index contributed by atoms with van der Waals surface area (Å²) in [5.74, 6) is 0.573. The van der Waals surface area contributed by atoms with E-state index in [1.54, 1.807) is 6.20 Å². The minimum absolute atomic E-state index is 0.573. The molecule has 3 rings (SSSR count). The summed E-state index contributed by atoms with van der Waals surface area (Å²) in [6, 6.07) is 6.05. The number of rotatable bonds is 3. The summed E-state index contributed by atoms with van der Waals surface area (Å²) in [5.41, 5.74) is 7.68. The molecule has 1 aliphatic carbocycles. The lowest BCUT2D eigenvalue weighted by Crippen LogP contribution is -1.88. The highest BCUT2D eigenvalue weighted by atomic mass is 35.5. The molecule has 1 saturated carbocycles. The van der Waals surface area contributed by atoms with Crippen molar-refractivity contribution in [3.63, 3.8) is 0 Å². The molecule has 1 heterocycles. The fourth-order valence-corrected chi connectivity index (χ4v) is 3.02. The number of H-pyrrole nitrogens is 1. The normalized spacial score (nSPS) is 15.1. The summed E-state index contributed by atoms with van der Waals surface area (Å²) >= 11 is 8.14. The first-order valence-corrected chi connectivity index (χ1v) is 6.75. The molecule has 0 saturated heterocycles. The Hall–Kier alpha value is -1.13. The van der Waals surface area contributed by atoms with Crippen LogP contribution in [0.1, 0.15) is 12.8 Å². The SMILES string of the molecule is Nc1[nH]ncc1-c1ccc(SC2CC2)c(Cl)c1. The predicted molar refractivity (Wildman–Crippen MR) is 72.3 cm³/mol. The van der Waals surface area contributed by atoms with Gasteiger partial charge in [-0.15, -0.1) is 11.8 Å². The van der Waals surface area contributed by atoms with E-state index in [0.29, 0.717) is 5.82 Å². The van der Waals surface area contributed by atoms with Gasteiger partial charge in [0.15, 0.2) is 0 Å². The van der Waals surface area contributed by atoms with Crippen LogP contribution in [0.3, 0.4) is 0 Å². The maximum atomic E-state index is 6.28. The van der Waals surface area contributed by atoms with Crippen molar-refractivity contribution in [1.82, 2.24) is 10.2 Å². The van der Waals surface area contributed by atoms with Crippen molar-refractivity contribution in [1.29, 1.82) is 0 Å². The van der Waals surface area contributed by atoms with Crippen LogP contribution in [0.2, 0.25) is 5.02 Å². The van der Waals surface area contributed by atoms with Gasteiger partial charge in [0, 0.05) is 15.7 Å². The Morgan fingerprint density at radius 2 is 2.24 bits per heavy atom. The summed E-state index contributed by atoms with van der Waals surface area (Å²) in [6.07, 6.45) is 4.32. The fourth-order valence-electron chi connectivity index (χ4n) is 1.66. The van der Waals surface area contributed by atoms with E-state index in [2.05, 4.69) is 16.3 Å². The summed E-state index contributed by atoms with van der Waals surface area (Å²) in [5, 5.41) is 8.19. The minimum Gasteiger partial charge on any atom is -0.384 e. The average Bonchev–Trinajstić information content (AvgIpc) is 3.02. The number of aromatic amines is 1. The van der Waals surface area contributed by atoms with Crippen LogP contribution in [0.15, 0.2) is 29.3 Å². The van der Waals surface area contributed by atoms with Crippen LogP contribution >= 0.6 is 23.4 Å². The number of nitrogen functional groups attached to an aromatic ring is 1. The second kappa shape index (κ2) is 4.27. The van der Waals surface area contributed by atoms with E-state index >= 15 is 0 Å². The minimum atomic E-state index is 0.573. The Balaban J connectivity index is 1.92. The van der Waals surface area contributed by atoms with Crippen molar-refractivity contribution in [2.45, 2.75) is 23.0 Å². The van der Waals surface area contributed by atoms with Crippen molar-refractivity contribution < 1.29 is 0 Å². The van der Waals surface area contributed by atoms with Gasteiger partial charge in [0.25, 0.3) is 0 Å². The van der Waals surface area contributed by atoms with Crippen molar-refractivity contribution in [2.75, 3.05) is 5.73 Å². The highest BCUT2D eigenvalue weighted by Crippen LogP contribution is 2.42. The molecular weight excluding hydrogens is 254 g/mol. The van der Waals surface area contributed by atoms with E-state index in [9.17, 15) is 0 Å². The standard InChI is InChI=1S/C12H12ClN3S/c13-10-5-7(9-6-15-16-12(9)14)1-4-11(10)17-8-2-3-8/h1,4-6,8H,2-3H2,(H3,14,15,16). The molecule has 0 atom stereocenters. The molecule has 0 unspecified atom stereocenters. The maximum Gasteiger partial charge on any atom is 0.126 e. The molecule has 3 nitrogen and oxygen atoms in total. The van der Waals surface area contributed by atoms with Gasteiger partial charge in [-0.2, -0.15) is 5.10 Å². The number of nitrogens with one attached hydrogen (secondary N) is 1. The molecule has 0 bridgehead atoms. The highest BCUT2D eigenvalue weighted by molar-refractivity contribution is 8.00. The van der Waals surface area contributed by atoms with E-state index in [1.165, 1.54) is 12.8 Å². The number of hydrogen-bond donors (Lipinski definition) is 2. The number of nitrogens with zero attached hydrogens (tertiary/aromatic N) is 1. The van der Waals surface area contributed by atoms with Gasteiger partial charge in [0.1, 0.15) is 5.82 Å². The van der Waals surface area contributed by atoms with Gasteiger partial charge in [0.05, 0.1) is 11.2 Å². The van der Waals surface area contributed by atoms with Crippen molar-refractivity contribution >= 4 is 29.2 Å². The molecule has 17 heavy (non-hydrogen) atoms. The number of aromatic nitrogens is 2. The fraction of sp³-hybridized carbons (Fsp3) is 0.250. The molecule has 88 valence electrons. The number of benzene rings is 1. The van der Waals surface area contributed by atoms with Crippen LogP contribution < -0.4 is 5.73 Å². The van der Waals surface area contributed by atoms with E-state index in [4.69, 9.17) is 17.3 Å². The topological polar surface area (TPSA) is 54.7 Å². The van der Waals surface area contributed by atoms with Crippen LogP contribution in [0.25, 0.3) is 11.1 Å². The number of thioether (sulfide) groups is 1. The molecule has 0 aliphatic heterocycles. The van der Waals surface area contributed by atoms with E-state index in [1.807, 2.05) is 23.9 Å². The Morgan fingerprint density at radius 3 is 2.82 bits per heavy atom.